The van der Waals surface area contributed by atoms with Gasteiger partial charge in [-0.1, -0.05) is 12.1 Å². The van der Waals surface area contributed by atoms with E-state index in [0.717, 1.165) is 11.1 Å². The summed E-state index contributed by atoms with van der Waals surface area (Å²) in [5.41, 5.74) is 4.31. The van der Waals surface area contributed by atoms with Crippen molar-refractivity contribution in [1.29, 1.82) is 0 Å². The number of nitrogens with two attached hydrogens (primary N) is 1. The van der Waals surface area contributed by atoms with E-state index in [1.54, 1.807) is 27.8 Å². The average molecular weight is 595 g/mol. The molecule has 0 bridgehead atoms. The first-order valence-corrected chi connectivity index (χ1v) is 13.7. The van der Waals surface area contributed by atoms with Crippen LogP contribution >= 0.6 is 0 Å². The van der Waals surface area contributed by atoms with Gasteiger partial charge in [0.1, 0.15) is 0 Å². The number of rotatable bonds is 6. The number of benzene rings is 1. The Bertz CT molecular complexity index is 1700. The quantitative estimate of drug-likeness (QED) is 0.198. The maximum atomic E-state index is 13.5. The van der Waals surface area contributed by atoms with E-state index in [1.807, 2.05) is 58.3 Å². The highest BCUT2D eigenvalue weighted by Gasteiger charge is 2.34. The van der Waals surface area contributed by atoms with E-state index in [4.69, 9.17) is 10.8 Å². The Morgan fingerprint density at radius 3 is 2.63 bits per heavy atom. The number of carbonyl (C=O) groups excluding carboxylic acids is 1. The number of hydrogen-bond acceptors (Lipinski definition) is 8. The van der Waals surface area contributed by atoms with Crippen LogP contribution in [0, 0.1) is 0 Å². The monoisotopic (exact) mass is 594 g/mol. The lowest BCUT2D eigenvalue weighted by molar-refractivity contribution is -0.147. The zero-order valence-corrected chi connectivity index (χ0v) is 24.3. The maximum absolute atomic E-state index is 13.5. The molecular weight excluding hydrogens is 561 g/mol. The topological polar surface area (TPSA) is 131 Å². The molecule has 0 saturated carbocycles. The van der Waals surface area contributed by atoms with Crippen molar-refractivity contribution in [2.45, 2.75) is 51.5 Å². The van der Waals surface area contributed by atoms with Gasteiger partial charge in [-0.05, 0) is 50.5 Å². The Labute approximate surface area is 246 Å². The van der Waals surface area contributed by atoms with Gasteiger partial charge in [0.25, 0.3) is 5.91 Å². The molecule has 3 aromatic heterocycles. The third-order valence-electron chi connectivity index (χ3n) is 6.96. The number of aliphatic imine (C=N–C) groups is 1. The minimum Gasteiger partial charge on any atom is -0.344 e. The Morgan fingerprint density at radius 2 is 1.95 bits per heavy atom. The van der Waals surface area contributed by atoms with Gasteiger partial charge in [0.15, 0.2) is 5.71 Å². The van der Waals surface area contributed by atoms with Crippen LogP contribution in [0.25, 0.3) is 28.0 Å². The summed E-state index contributed by atoms with van der Waals surface area (Å²) in [6.07, 6.45) is 4.18. The minimum absolute atomic E-state index is 0.0379. The fourth-order valence-corrected chi connectivity index (χ4v) is 5.03. The lowest BCUT2D eigenvalue weighted by Crippen LogP contribution is -2.37. The molecule has 4 aromatic rings. The number of nitrogens with zero attached hydrogens (tertiary/aromatic N) is 8. The maximum Gasteiger partial charge on any atom is 0.401 e. The summed E-state index contributed by atoms with van der Waals surface area (Å²) in [4.78, 5) is 23.7. The third kappa shape index (κ3) is 7.08. The summed E-state index contributed by atoms with van der Waals surface area (Å²) >= 11 is 0. The standard InChI is InChI=1S/C29H33F3N10O/c1-28(2,3)34-13-23(39-33)27(43)38-22-8-10-41(17-29(30,31)32)15-19-11-18(5-6-21(19)22)26-25-7-9-35-42(25)16-24(37-26)20-12-36-40(4)14-20/h5-7,9,11-14,16,22H,8,10,15,17,33H2,1-4H3,(H,38,43)/b34-13?,39-23+/t22-/m1/s1. The van der Waals surface area contributed by atoms with Gasteiger partial charge in [0.2, 0.25) is 0 Å². The van der Waals surface area contributed by atoms with Crippen molar-refractivity contribution >= 4 is 23.4 Å². The molecule has 0 spiro atoms. The number of aryl methyl sites for hydroxylation is 1. The number of hydrogen-bond donors (Lipinski definition) is 2. The number of fused-ring (bicyclic) bond motifs is 2. The van der Waals surface area contributed by atoms with Crippen LogP contribution in [-0.4, -0.2) is 71.9 Å². The van der Waals surface area contributed by atoms with Crippen LogP contribution in [0.2, 0.25) is 0 Å². The number of alkyl halides is 3. The second kappa shape index (κ2) is 11.6. The molecule has 0 radical (unpaired) electrons. The molecule has 0 unspecified atom stereocenters. The Hall–Kier alpha value is -4.59. The summed E-state index contributed by atoms with van der Waals surface area (Å²) in [6.45, 7) is 4.67. The SMILES string of the molecule is Cn1cc(-c2cn3nccc3c(-c3ccc4c(c3)CN(CC(F)(F)F)CC[C@H]4NC(=O)/C(C=NC(C)(C)C)=N/N)n2)cn1. The lowest BCUT2D eigenvalue weighted by Gasteiger charge is -2.22. The molecule has 1 atom stereocenters. The number of carbonyl (C=O) groups is 1. The molecule has 5 rings (SSSR count). The third-order valence-corrected chi connectivity index (χ3v) is 6.96. The van der Waals surface area contributed by atoms with E-state index >= 15 is 0 Å². The summed E-state index contributed by atoms with van der Waals surface area (Å²) in [7, 11) is 1.81. The van der Waals surface area contributed by atoms with E-state index in [2.05, 4.69) is 25.6 Å². The van der Waals surface area contributed by atoms with E-state index in [9.17, 15) is 18.0 Å². The molecule has 14 heteroatoms. The van der Waals surface area contributed by atoms with Crippen molar-refractivity contribution in [3.05, 3.63) is 60.2 Å². The van der Waals surface area contributed by atoms with E-state index in [-0.39, 0.29) is 25.2 Å². The molecule has 1 amide bonds. The van der Waals surface area contributed by atoms with Gasteiger partial charge >= 0.3 is 6.18 Å². The normalized spacial score (nSPS) is 16.9. The van der Waals surface area contributed by atoms with Crippen molar-refractivity contribution < 1.29 is 18.0 Å². The highest BCUT2D eigenvalue weighted by atomic mass is 19.4. The zero-order chi connectivity index (χ0) is 30.9. The van der Waals surface area contributed by atoms with E-state index < -0.39 is 30.2 Å². The Morgan fingerprint density at radius 1 is 1.16 bits per heavy atom. The van der Waals surface area contributed by atoms with Gasteiger partial charge in [-0.3, -0.25) is 19.4 Å². The first kappa shape index (κ1) is 29.9. The molecule has 3 N–H and O–H groups in total. The molecule has 43 heavy (non-hydrogen) atoms. The highest BCUT2D eigenvalue weighted by molar-refractivity contribution is 6.60. The first-order chi connectivity index (χ1) is 20.3. The molecular formula is C29H33F3N10O. The van der Waals surface area contributed by atoms with Crippen LogP contribution in [0.1, 0.15) is 44.4 Å². The molecule has 0 aliphatic carbocycles. The van der Waals surface area contributed by atoms with Crippen molar-refractivity contribution in [2.75, 3.05) is 13.1 Å². The molecule has 1 aromatic carbocycles. The fourth-order valence-electron chi connectivity index (χ4n) is 5.03. The van der Waals surface area contributed by atoms with Crippen molar-refractivity contribution in [3.63, 3.8) is 0 Å². The van der Waals surface area contributed by atoms with Gasteiger partial charge in [0.05, 0.1) is 59.8 Å². The lowest BCUT2D eigenvalue weighted by atomic mass is 9.95. The number of hydrazone groups is 1. The average Bonchev–Trinajstić information content (AvgIpc) is 3.54. The van der Waals surface area contributed by atoms with Crippen LogP contribution < -0.4 is 11.2 Å². The largest absolute Gasteiger partial charge is 0.401 e. The van der Waals surface area contributed by atoms with Crippen molar-refractivity contribution in [3.8, 4) is 22.5 Å². The predicted molar refractivity (Wildman–Crippen MR) is 157 cm³/mol. The molecule has 11 nitrogen and oxygen atoms in total. The number of nitrogens with one attached hydrogen (secondary N) is 1. The molecule has 0 fully saturated rings. The van der Waals surface area contributed by atoms with Gasteiger partial charge in [-0.2, -0.15) is 28.5 Å². The summed E-state index contributed by atoms with van der Waals surface area (Å²) in [5.74, 6) is 4.92. The van der Waals surface area contributed by atoms with Crippen LogP contribution in [0.15, 0.2) is 59.1 Å². The van der Waals surface area contributed by atoms with E-state index in [1.165, 1.54) is 11.1 Å². The highest BCUT2D eigenvalue weighted by Crippen LogP contribution is 2.34. The van der Waals surface area contributed by atoms with Crippen LogP contribution in [0.5, 0.6) is 0 Å². The van der Waals surface area contributed by atoms with Crippen LogP contribution in [0.3, 0.4) is 0 Å². The molecule has 1 aliphatic rings. The van der Waals surface area contributed by atoms with E-state index in [0.29, 0.717) is 28.1 Å². The van der Waals surface area contributed by atoms with Crippen molar-refractivity contribution in [2.24, 2.45) is 23.0 Å². The molecule has 0 saturated heterocycles. The van der Waals surface area contributed by atoms with Crippen LogP contribution in [-0.2, 0) is 18.4 Å². The minimum atomic E-state index is -4.38. The second-order valence-electron chi connectivity index (χ2n) is 11.5. The summed E-state index contributed by atoms with van der Waals surface area (Å²) in [5, 5.41) is 15.1. The Balaban J connectivity index is 1.54. The predicted octanol–water partition coefficient (Wildman–Crippen LogP) is 3.91. The molecule has 1 aliphatic heterocycles. The number of amides is 1. The van der Waals surface area contributed by atoms with Crippen LogP contribution in [0.4, 0.5) is 13.2 Å². The second-order valence-corrected chi connectivity index (χ2v) is 11.5. The van der Waals surface area contributed by atoms with Gasteiger partial charge < -0.3 is 11.2 Å². The van der Waals surface area contributed by atoms with Crippen molar-refractivity contribution in [1.82, 2.24) is 34.6 Å². The molecule has 226 valence electrons. The van der Waals surface area contributed by atoms with Gasteiger partial charge in [-0.15, -0.1) is 0 Å². The first-order valence-electron chi connectivity index (χ1n) is 13.7. The molecule has 4 heterocycles. The van der Waals surface area contributed by atoms with Gasteiger partial charge in [-0.25, -0.2) is 9.50 Å². The smallest absolute Gasteiger partial charge is 0.344 e. The Kier molecular flexibility index (Phi) is 8.06. The van der Waals surface area contributed by atoms with Gasteiger partial charge in [0, 0.05) is 37.5 Å². The summed E-state index contributed by atoms with van der Waals surface area (Å²) < 4.78 is 43.9. The fraction of sp³-hybridized carbons (Fsp3) is 0.379. The number of aromatic nitrogens is 5. The number of halogens is 3. The summed E-state index contributed by atoms with van der Waals surface area (Å²) in [6, 6.07) is 6.77. The zero-order valence-electron chi connectivity index (χ0n) is 24.3.